The van der Waals surface area contributed by atoms with E-state index in [4.69, 9.17) is 13.4 Å². The van der Waals surface area contributed by atoms with Gasteiger partial charge in [-0.1, -0.05) is 0 Å². The Kier molecular flexibility index (Phi) is 10.7. The fourth-order valence-electron chi connectivity index (χ4n) is 3.08. The first-order valence-electron chi connectivity index (χ1n) is 8.82. The molecule has 0 rings (SSSR count). The number of hydrogen-bond donors (Lipinski definition) is 0. The van der Waals surface area contributed by atoms with E-state index in [-0.39, 0.29) is 0 Å². The summed E-state index contributed by atoms with van der Waals surface area (Å²) in [7, 11) is -0.617. The topological polar surface area (TPSA) is 44.8 Å². The molecule has 0 fully saturated rings. The van der Waals surface area contributed by atoms with E-state index in [0.717, 1.165) is 31.1 Å². The van der Waals surface area contributed by atoms with Crippen molar-refractivity contribution in [1.29, 1.82) is 0 Å². The summed E-state index contributed by atoms with van der Waals surface area (Å²) >= 11 is 0. The van der Waals surface area contributed by atoms with Crippen LogP contribution in [0.1, 0.15) is 66.2 Å². The van der Waals surface area contributed by atoms with Crippen molar-refractivity contribution in [2.24, 2.45) is 0 Å². The van der Waals surface area contributed by atoms with Gasteiger partial charge >= 0.3 is 138 Å². The fraction of sp³-hybridized carbons (Fsp3) is 1.00. The second-order valence-electron chi connectivity index (χ2n) is 6.19. The molecule has 0 spiro atoms. The summed E-state index contributed by atoms with van der Waals surface area (Å²) in [5.41, 5.74) is 0. The Morgan fingerprint density at radius 2 is 1.23 bits per heavy atom. The second-order valence-corrected chi connectivity index (χ2v) is 14.5. The van der Waals surface area contributed by atoms with Gasteiger partial charge in [0.05, 0.1) is 0 Å². The molecule has 0 aromatic rings. The Morgan fingerprint density at radius 1 is 0.773 bits per heavy atom. The molecule has 0 unspecified atom stereocenters. The van der Waals surface area contributed by atoms with Crippen LogP contribution in [0.2, 0.25) is 0 Å². The van der Waals surface area contributed by atoms with Gasteiger partial charge in [0, 0.05) is 0 Å². The maximum atomic E-state index is 12.6. The zero-order valence-corrected chi connectivity index (χ0v) is 17.4. The third-order valence-electron chi connectivity index (χ3n) is 5.26. The number of phosphoric ester groups is 1. The molecule has 0 aromatic carbocycles. The van der Waals surface area contributed by atoms with Gasteiger partial charge in [-0.2, -0.15) is 0 Å². The third kappa shape index (κ3) is 6.21. The summed E-state index contributed by atoms with van der Waals surface area (Å²) in [6.45, 7) is 6.22. The zero-order chi connectivity index (χ0) is 17.1. The normalized spacial score (nSPS) is 14.7. The molecule has 136 valence electrons. The predicted molar refractivity (Wildman–Crippen MR) is 99.5 cm³/mol. The van der Waals surface area contributed by atoms with Crippen LogP contribution < -0.4 is 0 Å². The second kappa shape index (κ2) is 10.4. The Balaban J connectivity index is 4.93. The van der Waals surface area contributed by atoms with Gasteiger partial charge < -0.3 is 0 Å². The Morgan fingerprint density at radius 3 is 1.64 bits per heavy atom. The standard InChI is InChI=1S/C16H38O4P2/c1-7-11-12-13-14-15-16-22(8-2,9-3,10-4)20-21(17,18-5)19-6/h7-16H2,1-6H3. The van der Waals surface area contributed by atoms with Gasteiger partial charge in [0.2, 0.25) is 0 Å². The SMILES string of the molecule is CCCCCCCCP(CC)(CC)(CC)OP(=O)(OC)OC. The van der Waals surface area contributed by atoms with Crippen LogP contribution in [0.25, 0.3) is 0 Å². The number of rotatable bonds is 14. The molecule has 0 aliphatic carbocycles. The van der Waals surface area contributed by atoms with Crippen molar-refractivity contribution >= 4 is 14.7 Å². The van der Waals surface area contributed by atoms with Crippen LogP contribution in [0.15, 0.2) is 0 Å². The Labute approximate surface area is 138 Å². The molecule has 0 aliphatic rings. The monoisotopic (exact) mass is 356 g/mol. The molecule has 0 amide bonds. The summed E-state index contributed by atoms with van der Waals surface area (Å²) in [5.74, 6) is 0. The molecule has 0 radical (unpaired) electrons. The van der Waals surface area contributed by atoms with Gasteiger partial charge in [0.15, 0.2) is 0 Å². The van der Waals surface area contributed by atoms with Gasteiger partial charge in [-0.25, -0.2) is 0 Å². The van der Waals surface area contributed by atoms with E-state index < -0.39 is 14.7 Å². The molecule has 0 atom stereocenters. The molecule has 22 heavy (non-hydrogen) atoms. The molecular weight excluding hydrogens is 318 g/mol. The predicted octanol–water partition coefficient (Wildman–Crippen LogP) is 6.29. The zero-order valence-electron chi connectivity index (χ0n) is 15.6. The molecule has 0 saturated heterocycles. The molecule has 0 aromatic heterocycles. The summed E-state index contributed by atoms with van der Waals surface area (Å²) in [4.78, 5) is 0. The van der Waals surface area contributed by atoms with Crippen LogP contribution in [0, 0.1) is 0 Å². The Bertz CT molecular complexity index is 324. The average molecular weight is 356 g/mol. The van der Waals surface area contributed by atoms with Gasteiger partial charge in [0.1, 0.15) is 0 Å². The quantitative estimate of drug-likeness (QED) is 0.271. The van der Waals surface area contributed by atoms with Crippen LogP contribution >= 0.6 is 14.7 Å². The fourth-order valence-corrected chi connectivity index (χ4v) is 11.0. The van der Waals surface area contributed by atoms with Gasteiger partial charge in [-0.05, 0) is 0 Å². The first-order chi connectivity index (χ1) is 10.4. The molecule has 0 aliphatic heterocycles. The van der Waals surface area contributed by atoms with Crippen LogP contribution in [-0.4, -0.2) is 38.9 Å². The van der Waals surface area contributed by atoms with E-state index >= 15 is 0 Å². The van der Waals surface area contributed by atoms with Gasteiger partial charge in [0.25, 0.3) is 0 Å². The van der Waals surface area contributed by atoms with Crippen molar-refractivity contribution in [3.63, 3.8) is 0 Å². The molecule has 0 saturated carbocycles. The van der Waals surface area contributed by atoms with Crippen molar-refractivity contribution in [3.8, 4) is 0 Å². The first kappa shape index (κ1) is 22.5. The number of phosphoric acid groups is 1. The van der Waals surface area contributed by atoms with E-state index in [1.807, 2.05) is 0 Å². The van der Waals surface area contributed by atoms with Crippen molar-refractivity contribution in [3.05, 3.63) is 0 Å². The summed E-state index contributed by atoms with van der Waals surface area (Å²) in [5, 5.41) is 0. The van der Waals surface area contributed by atoms with E-state index in [9.17, 15) is 4.57 Å². The van der Waals surface area contributed by atoms with Crippen LogP contribution in [0.5, 0.6) is 0 Å². The van der Waals surface area contributed by atoms with Crippen LogP contribution in [0.3, 0.4) is 0 Å². The molecular formula is C16H38O4P2. The minimum atomic E-state index is -3.43. The molecule has 0 heterocycles. The summed E-state index contributed by atoms with van der Waals surface area (Å²) in [6, 6.07) is 0. The van der Waals surface area contributed by atoms with E-state index in [1.54, 1.807) is 0 Å². The number of hydrogen-bond acceptors (Lipinski definition) is 4. The maximum absolute atomic E-state index is 12.6. The van der Waals surface area contributed by atoms with E-state index in [0.29, 0.717) is 0 Å². The molecule has 0 bridgehead atoms. The molecule has 4 nitrogen and oxygen atoms in total. The van der Waals surface area contributed by atoms with Crippen molar-refractivity contribution in [2.45, 2.75) is 66.2 Å². The minimum absolute atomic E-state index is 0.935. The van der Waals surface area contributed by atoms with Crippen molar-refractivity contribution in [2.75, 3.05) is 38.9 Å². The average Bonchev–Trinajstić information content (AvgIpc) is 2.57. The first-order valence-corrected chi connectivity index (χ1v) is 13.2. The number of unbranched alkanes of at least 4 members (excludes halogenated alkanes) is 5. The third-order valence-corrected chi connectivity index (χ3v) is 15.0. The van der Waals surface area contributed by atoms with Gasteiger partial charge in [-0.15, -0.1) is 0 Å². The van der Waals surface area contributed by atoms with E-state index in [1.165, 1.54) is 46.3 Å². The van der Waals surface area contributed by atoms with Gasteiger partial charge in [-0.3, -0.25) is 0 Å². The molecule has 6 heteroatoms. The summed E-state index contributed by atoms with van der Waals surface area (Å²) < 4.78 is 29.0. The van der Waals surface area contributed by atoms with E-state index in [2.05, 4.69) is 27.7 Å². The molecule has 0 N–H and O–H groups in total. The van der Waals surface area contributed by atoms with Crippen molar-refractivity contribution < 1.29 is 17.9 Å². The summed E-state index contributed by atoms with van der Waals surface area (Å²) in [6.07, 6.45) is 11.4. The van der Waals surface area contributed by atoms with Crippen LogP contribution in [-0.2, 0) is 17.9 Å². The van der Waals surface area contributed by atoms with Crippen LogP contribution in [0.4, 0.5) is 0 Å². The van der Waals surface area contributed by atoms with Crippen molar-refractivity contribution in [1.82, 2.24) is 0 Å². The Hall–Kier alpha value is 0.540.